The molecular weight excluding hydrogens is 404 g/mol. The Kier molecular flexibility index (Phi) is 8.15. The number of rotatable bonds is 6. The van der Waals surface area contributed by atoms with Gasteiger partial charge < -0.3 is 20.9 Å². The Morgan fingerprint density at radius 2 is 2.10 bits per heavy atom. The van der Waals surface area contributed by atoms with Crippen molar-refractivity contribution >= 4 is 34.5 Å². The van der Waals surface area contributed by atoms with Gasteiger partial charge >= 0.3 is 0 Å². The molecule has 0 saturated carbocycles. The minimum absolute atomic E-state index is 0.0276. The predicted octanol–water partition coefficient (Wildman–Crippen LogP) is 3.35. The summed E-state index contributed by atoms with van der Waals surface area (Å²) in [5.74, 6) is -3.25. The van der Waals surface area contributed by atoms with E-state index in [2.05, 4.69) is 29.5 Å². The number of aldehydes is 1. The number of likely N-dealkylation sites (N-methyl/N-ethyl adjacent to an activating group) is 1. The number of nitrogens with zero attached hydrogens (tertiary/aromatic N) is 2. The number of likely N-dealkylation sites (tertiary alicyclic amines) is 1. The Morgan fingerprint density at radius 1 is 1.39 bits per heavy atom. The third-order valence-electron chi connectivity index (χ3n) is 4.79. The van der Waals surface area contributed by atoms with E-state index in [4.69, 9.17) is 5.41 Å². The van der Waals surface area contributed by atoms with Crippen LogP contribution in [0.3, 0.4) is 0 Å². The van der Waals surface area contributed by atoms with E-state index in [1.165, 1.54) is 6.92 Å². The van der Waals surface area contributed by atoms with Crippen LogP contribution in [0.2, 0.25) is 0 Å². The van der Waals surface area contributed by atoms with Crippen LogP contribution in [0.1, 0.15) is 37.6 Å². The van der Waals surface area contributed by atoms with Crippen LogP contribution in [0.5, 0.6) is 0 Å². The summed E-state index contributed by atoms with van der Waals surface area (Å²) in [6, 6.07) is 7.14. The largest absolute Gasteiger partial charge is 0.381 e. The molecule has 0 aliphatic carbocycles. The molecule has 1 atom stereocenters. The third-order valence-corrected chi connectivity index (χ3v) is 4.79. The highest BCUT2D eigenvalue weighted by Gasteiger charge is 2.47. The number of aromatic nitrogens is 1. The van der Waals surface area contributed by atoms with Crippen molar-refractivity contribution in [3.63, 3.8) is 0 Å². The van der Waals surface area contributed by atoms with E-state index in [-0.39, 0.29) is 18.2 Å². The molecule has 168 valence electrons. The number of carbonyl (C=O) groups excluding carboxylic acids is 2. The van der Waals surface area contributed by atoms with Gasteiger partial charge in [0.25, 0.3) is 5.92 Å². The Balaban J connectivity index is 0.000000221. The number of anilines is 1. The van der Waals surface area contributed by atoms with Crippen LogP contribution in [-0.2, 0) is 4.79 Å². The Labute approximate surface area is 180 Å². The van der Waals surface area contributed by atoms with E-state index in [1.54, 1.807) is 19.3 Å². The summed E-state index contributed by atoms with van der Waals surface area (Å²) in [5, 5.41) is 14.2. The molecule has 31 heavy (non-hydrogen) atoms. The van der Waals surface area contributed by atoms with Crippen LogP contribution in [0, 0.1) is 5.41 Å². The van der Waals surface area contributed by atoms with Crippen molar-refractivity contribution in [3.05, 3.63) is 36.0 Å². The van der Waals surface area contributed by atoms with Gasteiger partial charge in [-0.05, 0) is 40.0 Å². The lowest BCUT2D eigenvalue weighted by molar-refractivity contribution is -0.131. The van der Waals surface area contributed by atoms with Crippen LogP contribution in [0.25, 0.3) is 10.9 Å². The number of hydrogen-bond donors (Lipinski definition) is 3. The van der Waals surface area contributed by atoms with Gasteiger partial charge in [-0.15, -0.1) is 0 Å². The molecule has 7 nitrogen and oxygen atoms in total. The minimum atomic E-state index is -2.86. The van der Waals surface area contributed by atoms with Crippen LogP contribution in [0.4, 0.5) is 14.5 Å². The zero-order valence-corrected chi connectivity index (χ0v) is 18.2. The highest BCUT2D eigenvalue weighted by Crippen LogP contribution is 2.32. The number of hydrogen-bond acceptors (Lipinski definition) is 6. The maximum Gasteiger partial charge on any atom is 0.267 e. The van der Waals surface area contributed by atoms with E-state index < -0.39 is 24.9 Å². The number of carbonyl (C=O) groups is 2. The van der Waals surface area contributed by atoms with Crippen LogP contribution in [-0.4, -0.2) is 65.9 Å². The average Bonchev–Trinajstić information content (AvgIpc) is 3.04. The lowest BCUT2D eigenvalue weighted by Gasteiger charge is -2.22. The number of para-hydroxylation sites is 1. The first-order chi connectivity index (χ1) is 14.6. The molecule has 1 unspecified atom stereocenters. The molecule has 2 heterocycles. The highest BCUT2D eigenvalue weighted by molar-refractivity contribution is 6.01. The van der Waals surface area contributed by atoms with Gasteiger partial charge in [0, 0.05) is 35.3 Å². The summed E-state index contributed by atoms with van der Waals surface area (Å²) in [6.07, 6.45) is 2.10. The van der Waals surface area contributed by atoms with E-state index >= 15 is 0 Å². The fraction of sp³-hybridized carbons (Fsp3) is 0.455. The first-order valence-electron chi connectivity index (χ1n) is 10.1. The van der Waals surface area contributed by atoms with E-state index in [0.29, 0.717) is 11.6 Å². The smallest absolute Gasteiger partial charge is 0.267 e. The molecular formula is C22H29F2N5O2. The number of pyridine rings is 1. The fourth-order valence-corrected chi connectivity index (χ4v) is 3.45. The number of amides is 1. The standard InChI is InChI=1S/C13H14N2O.C9H15F2N3O/c1-9(2)15-12-5-3-4-11-10(8-16)6-7-14-13(11)12;1-6(12)7-3-9(10,11)5-14(7)8(15)4-13-2/h3-9,15H,1-2H3;7,12-13H,3-5H2,1-2H3. The van der Waals surface area contributed by atoms with Gasteiger partial charge in [-0.25, -0.2) is 8.78 Å². The third kappa shape index (κ3) is 6.27. The predicted molar refractivity (Wildman–Crippen MR) is 118 cm³/mol. The molecule has 2 aromatic rings. The molecule has 1 saturated heterocycles. The maximum absolute atomic E-state index is 13.1. The van der Waals surface area contributed by atoms with Crippen molar-refractivity contribution in [1.82, 2.24) is 15.2 Å². The molecule has 1 amide bonds. The first-order valence-corrected chi connectivity index (χ1v) is 10.1. The number of alkyl halides is 2. The quantitative estimate of drug-likeness (QED) is 0.479. The van der Waals surface area contributed by atoms with Crippen molar-refractivity contribution < 1.29 is 18.4 Å². The molecule has 1 fully saturated rings. The normalized spacial score (nSPS) is 17.3. The number of benzene rings is 1. The zero-order valence-electron chi connectivity index (χ0n) is 18.2. The molecule has 3 N–H and O–H groups in total. The second-order valence-electron chi connectivity index (χ2n) is 7.83. The van der Waals surface area contributed by atoms with Crippen LogP contribution < -0.4 is 10.6 Å². The summed E-state index contributed by atoms with van der Waals surface area (Å²) in [4.78, 5) is 27.8. The zero-order chi connectivity index (χ0) is 23.2. The van der Waals surface area contributed by atoms with Crippen molar-refractivity contribution in [1.29, 1.82) is 5.41 Å². The monoisotopic (exact) mass is 433 g/mol. The summed E-state index contributed by atoms with van der Waals surface area (Å²) in [5.41, 5.74) is 2.60. The van der Waals surface area contributed by atoms with E-state index in [1.807, 2.05) is 18.2 Å². The average molecular weight is 434 g/mol. The van der Waals surface area contributed by atoms with Crippen molar-refractivity contribution in [3.8, 4) is 0 Å². The Morgan fingerprint density at radius 3 is 2.68 bits per heavy atom. The van der Waals surface area contributed by atoms with Gasteiger partial charge in [0.2, 0.25) is 5.91 Å². The molecule has 1 aliphatic heterocycles. The first kappa shape index (κ1) is 24.3. The summed E-state index contributed by atoms with van der Waals surface area (Å²) < 4.78 is 26.2. The molecule has 0 spiro atoms. The summed E-state index contributed by atoms with van der Waals surface area (Å²) >= 11 is 0. The van der Waals surface area contributed by atoms with Gasteiger partial charge in [-0.3, -0.25) is 14.6 Å². The van der Waals surface area contributed by atoms with Gasteiger partial charge in [-0.1, -0.05) is 12.1 Å². The summed E-state index contributed by atoms with van der Waals surface area (Å²) in [7, 11) is 1.58. The van der Waals surface area contributed by atoms with Crippen molar-refractivity contribution in [2.45, 2.75) is 45.2 Å². The topological polar surface area (TPSA) is 98.2 Å². The second kappa shape index (κ2) is 10.4. The lowest BCUT2D eigenvalue weighted by atomic mass is 10.1. The van der Waals surface area contributed by atoms with Gasteiger partial charge in [0.15, 0.2) is 6.29 Å². The maximum atomic E-state index is 13.1. The van der Waals surface area contributed by atoms with Gasteiger partial charge in [0.1, 0.15) is 0 Å². The SMILES string of the molecule is CC(C)Nc1cccc2c(C=O)ccnc12.CNCC(=O)N1CC(F)(F)CC1C(C)=N. The van der Waals surface area contributed by atoms with Crippen molar-refractivity contribution in [2.75, 3.05) is 25.5 Å². The number of nitrogens with one attached hydrogen (secondary N) is 3. The molecule has 1 aromatic heterocycles. The molecule has 1 aliphatic rings. The lowest BCUT2D eigenvalue weighted by Crippen LogP contribution is -2.43. The Bertz CT molecular complexity index is 949. The van der Waals surface area contributed by atoms with Crippen LogP contribution in [0.15, 0.2) is 30.5 Å². The molecule has 3 rings (SSSR count). The summed E-state index contributed by atoms with van der Waals surface area (Å²) in [6.45, 7) is 5.05. The molecule has 0 bridgehead atoms. The van der Waals surface area contributed by atoms with Gasteiger partial charge in [0.05, 0.1) is 30.3 Å². The Hall–Kier alpha value is -2.94. The molecule has 9 heteroatoms. The molecule has 0 radical (unpaired) electrons. The van der Waals surface area contributed by atoms with Gasteiger partial charge in [-0.2, -0.15) is 0 Å². The highest BCUT2D eigenvalue weighted by atomic mass is 19.3. The van der Waals surface area contributed by atoms with E-state index in [9.17, 15) is 18.4 Å². The van der Waals surface area contributed by atoms with Crippen LogP contribution >= 0.6 is 0 Å². The fourth-order valence-electron chi connectivity index (χ4n) is 3.45. The van der Waals surface area contributed by atoms with Crippen molar-refractivity contribution in [2.24, 2.45) is 0 Å². The number of halogens is 2. The number of fused-ring (bicyclic) bond motifs is 1. The molecule has 1 aromatic carbocycles. The van der Waals surface area contributed by atoms with E-state index in [0.717, 1.165) is 27.8 Å². The minimum Gasteiger partial charge on any atom is -0.381 e. The second-order valence-corrected chi connectivity index (χ2v) is 7.83.